The lowest BCUT2D eigenvalue weighted by Gasteiger charge is -2.13. The second-order valence-electron chi connectivity index (χ2n) is 6.36. The van der Waals surface area contributed by atoms with Gasteiger partial charge in [0.2, 0.25) is 5.91 Å². The van der Waals surface area contributed by atoms with E-state index >= 15 is 0 Å². The van der Waals surface area contributed by atoms with E-state index in [1.54, 1.807) is 52.0 Å². The van der Waals surface area contributed by atoms with Crippen molar-refractivity contribution in [3.05, 3.63) is 58.7 Å². The maximum Gasteiger partial charge on any atom is 0.339 e. The maximum absolute atomic E-state index is 12.6. The molecular weight excluding hydrogens is 348 g/mol. The Kier molecular flexibility index (Phi) is 4.81. The van der Waals surface area contributed by atoms with Gasteiger partial charge in [-0.05, 0) is 45.9 Å². The number of carboxylic acids is 1. The fourth-order valence-electron chi connectivity index (χ4n) is 3.09. The summed E-state index contributed by atoms with van der Waals surface area (Å²) in [4.78, 5) is 23.8. The molecular formula is C19H20N4O4. The molecule has 8 nitrogen and oxygen atoms in total. The first kappa shape index (κ1) is 18.4. The van der Waals surface area contributed by atoms with Gasteiger partial charge in [-0.2, -0.15) is 5.10 Å². The zero-order valence-corrected chi connectivity index (χ0v) is 15.5. The summed E-state index contributed by atoms with van der Waals surface area (Å²) in [5, 5.41) is 20.1. The molecule has 0 aliphatic rings. The van der Waals surface area contributed by atoms with Crippen molar-refractivity contribution in [3.8, 4) is 5.69 Å². The summed E-state index contributed by atoms with van der Waals surface area (Å²) in [6.45, 7) is 7.06. The van der Waals surface area contributed by atoms with Gasteiger partial charge in [0.25, 0.3) is 0 Å². The number of anilines is 1. The van der Waals surface area contributed by atoms with E-state index in [1.165, 1.54) is 10.9 Å². The molecule has 0 aliphatic heterocycles. The third-order valence-corrected chi connectivity index (χ3v) is 4.51. The Labute approximate surface area is 155 Å². The van der Waals surface area contributed by atoms with E-state index in [9.17, 15) is 14.7 Å². The van der Waals surface area contributed by atoms with Crippen molar-refractivity contribution in [3.63, 3.8) is 0 Å². The first-order valence-corrected chi connectivity index (χ1v) is 8.41. The molecule has 3 rings (SSSR count). The van der Waals surface area contributed by atoms with Crippen molar-refractivity contribution in [2.75, 3.05) is 5.32 Å². The van der Waals surface area contributed by atoms with E-state index in [4.69, 9.17) is 4.52 Å². The smallest absolute Gasteiger partial charge is 0.339 e. The Morgan fingerprint density at radius 1 is 1.26 bits per heavy atom. The zero-order chi connectivity index (χ0) is 19.7. The van der Waals surface area contributed by atoms with Gasteiger partial charge in [0.1, 0.15) is 11.3 Å². The Hall–Kier alpha value is -3.42. The highest BCUT2D eigenvalue weighted by Crippen LogP contribution is 2.25. The minimum absolute atomic E-state index is 0.136. The molecule has 1 unspecified atom stereocenters. The van der Waals surface area contributed by atoms with Crippen LogP contribution in [-0.4, -0.2) is 31.9 Å². The summed E-state index contributed by atoms with van der Waals surface area (Å²) < 4.78 is 6.66. The van der Waals surface area contributed by atoms with Crippen molar-refractivity contribution in [2.45, 2.75) is 33.6 Å². The van der Waals surface area contributed by atoms with Gasteiger partial charge in [0, 0.05) is 11.3 Å². The number of hydrogen-bond acceptors (Lipinski definition) is 5. The molecule has 0 fully saturated rings. The minimum atomic E-state index is -1.03. The quantitative estimate of drug-likeness (QED) is 0.715. The molecule has 2 aromatic heterocycles. The lowest BCUT2D eigenvalue weighted by atomic mass is 9.98. The number of aryl methyl sites for hydroxylation is 2. The molecule has 0 saturated heterocycles. The molecule has 2 heterocycles. The van der Waals surface area contributed by atoms with Crippen LogP contribution in [0, 0.1) is 20.8 Å². The number of aromatic carboxylic acids is 1. The molecule has 0 spiro atoms. The second-order valence-corrected chi connectivity index (χ2v) is 6.36. The van der Waals surface area contributed by atoms with Crippen LogP contribution in [0.1, 0.15) is 45.9 Å². The number of carbonyl (C=O) groups excluding carboxylic acids is 1. The molecule has 27 heavy (non-hydrogen) atoms. The standard InChI is InChI=1S/C19H20N4O4/c1-10(17-11(2)22-27-13(17)4)18(24)21-14-6-5-7-15(8-14)23-12(3)16(9-20-23)19(25)26/h5-10H,1-4H3,(H,21,24)(H,25,26). The Morgan fingerprint density at radius 3 is 2.59 bits per heavy atom. The van der Waals surface area contributed by atoms with Gasteiger partial charge in [0.15, 0.2) is 0 Å². The van der Waals surface area contributed by atoms with Gasteiger partial charge in [-0.15, -0.1) is 0 Å². The lowest BCUT2D eigenvalue weighted by Crippen LogP contribution is -2.19. The van der Waals surface area contributed by atoms with Crippen LogP contribution in [0.2, 0.25) is 0 Å². The van der Waals surface area contributed by atoms with Gasteiger partial charge < -0.3 is 14.9 Å². The van der Waals surface area contributed by atoms with Gasteiger partial charge in [-0.3, -0.25) is 4.79 Å². The molecule has 0 radical (unpaired) electrons. The summed E-state index contributed by atoms with van der Waals surface area (Å²) in [5.41, 5.74) is 3.35. The third-order valence-electron chi connectivity index (χ3n) is 4.51. The van der Waals surface area contributed by atoms with E-state index in [0.29, 0.717) is 28.5 Å². The first-order chi connectivity index (χ1) is 12.8. The Morgan fingerprint density at radius 2 is 2.00 bits per heavy atom. The maximum atomic E-state index is 12.6. The summed E-state index contributed by atoms with van der Waals surface area (Å²) in [5.74, 6) is -1.02. The highest BCUT2D eigenvalue weighted by molar-refractivity contribution is 5.96. The SMILES string of the molecule is Cc1noc(C)c1C(C)C(=O)Nc1cccc(-n2ncc(C(=O)O)c2C)c1. The molecule has 3 aromatic rings. The average Bonchev–Trinajstić information content (AvgIpc) is 3.17. The summed E-state index contributed by atoms with van der Waals surface area (Å²) >= 11 is 0. The number of nitrogens with one attached hydrogen (secondary N) is 1. The Balaban J connectivity index is 1.84. The predicted molar refractivity (Wildman–Crippen MR) is 98.3 cm³/mol. The van der Waals surface area contributed by atoms with E-state index in [2.05, 4.69) is 15.6 Å². The summed E-state index contributed by atoms with van der Waals surface area (Å²) in [6, 6.07) is 7.06. The molecule has 0 aliphatic carbocycles. The van der Waals surface area contributed by atoms with Crippen molar-refractivity contribution < 1.29 is 19.2 Å². The van der Waals surface area contributed by atoms with E-state index in [0.717, 1.165) is 5.56 Å². The molecule has 1 atom stereocenters. The van der Waals surface area contributed by atoms with E-state index < -0.39 is 11.9 Å². The molecule has 0 saturated carbocycles. The molecule has 140 valence electrons. The molecule has 2 N–H and O–H groups in total. The van der Waals surface area contributed by atoms with Crippen LogP contribution in [-0.2, 0) is 4.79 Å². The second kappa shape index (κ2) is 7.06. The van der Waals surface area contributed by atoms with Gasteiger partial charge in [-0.25, -0.2) is 9.48 Å². The van der Waals surface area contributed by atoms with Crippen LogP contribution in [0.3, 0.4) is 0 Å². The minimum Gasteiger partial charge on any atom is -0.478 e. The number of carboxylic acid groups (broad SMARTS) is 1. The normalized spacial score (nSPS) is 12.0. The third kappa shape index (κ3) is 3.46. The first-order valence-electron chi connectivity index (χ1n) is 8.41. The Bertz CT molecular complexity index is 999. The molecule has 8 heteroatoms. The molecule has 0 bridgehead atoms. The van der Waals surface area contributed by atoms with Crippen LogP contribution in [0.25, 0.3) is 5.69 Å². The fraction of sp³-hybridized carbons (Fsp3) is 0.263. The number of benzene rings is 1. The number of rotatable bonds is 5. The highest BCUT2D eigenvalue weighted by atomic mass is 16.5. The van der Waals surface area contributed by atoms with Crippen molar-refractivity contribution in [1.82, 2.24) is 14.9 Å². The summed E-state index contributed by atoms with van der Waals surface area (Å²) in [7, 11) is 0. The van der Waals surface area contributed by atoms with Gasteiger partial charge in [0.05, 0.1) is 29.2 Å². The zero-order valence-electron chi connectivity index (χ0n) is 15.5. The van der Waals surface area contributed by atoms with E-state index in [1.807, 2.05) is 0 Å². The van der Waals surface area contributed by atoms with Crippen LogP contribution in [0.5, 0.6) is 0 Å². The molecule has 1 amide bonds. The van der Waals surface area contributed by atoms with Crippen LogP contribution >= 0.6 is 0 Å². The number of hydrogen-bond donors (Lipinski definition) is 2. The number of carbonyl (C=O) groups is 2. The largest absolute Gasteiger partial charge is 0.478 e. The monoisotopic (exact) mass is 368 g/mol. The molecule has 1 aromatic carbocycles. The van der Waals surface area contributed by atoms with Gasteiger partial charge >= 0.3 is 5.97 Å². The van der Waals surface area contributed by atoms with Crippen LogP contribution in [0.4, 0.5) is 5.69 Å². The summed E-state index contributed by atoms with van der Waals surface area (Å²) in [6.07, 6.45) is 1.31. The van der Waals surface area contributed by atoms with Crippen LogP contribution < -0.4 is 5.32 Å². The lowest BCUT2D eigenvalue weighted by molar-refractivity contribution is -0.117. The van der Waals surface area contributed by atoms with Crippen LogP contribution in [0.15, 0.2) is 35.0 Å². The topological polar surface area (TPSA) is 110 Å². The van der Waals surface area contributed by atoms with Gasteiger partial charge in [-0.1, -0.05) is 11.2 Å². The highest BCUT2D eigenvalue weighted by Gasteiger charge is 2.23. The van der Waals surface area contributed by atoms with Crippen molar-refractivity contribution in [2.24, 2.45) is 0 Å². The average molecular weight is 368 g/mol. The fourth-order valence-corrected chi connectivity index (χ4v) is 3.09. The van der Waals surface area contributed by atoms with Crippen molar-refractivity contribution in [1.29, 1.82) is 0 Å². The van der Waals surface area contributed by atoms with Crippen molar-refractivity contribution >= 4 is 17.6 Å². The predicted octanol–water partition coefficient (Wildman–Crippen LogP) is 3.23. The number of nitrogens with zero attached hydrogens (tertiary/aromatic N) is 3. The number of amides is 1. The number of aromatic nitrogens is 3. The van der Waals surface area contributed by atoms with E-state index in [-0.39, 0.29) is 11.5 Å².